The van der Waals surface area contributed by atoms with Crippen molar-refractivity contribution in [1.82, 2.24) is 9.21 Å². The van der Waals surface area contributed by atoms with Crippen LogP contribution in [0.5, 0.6) is 0 Å². The Bertz CT molecular complexity index is 696. The number of thiophene rings is 1. The minimum atomic E-state index is -3.56. The number of imide groups is 1. The van der Waals surface area contributed by atoms with Gasteiger partial charge in [0.15, 0.2) is 6.61 Å². The van der Waals surface area contributed by atoms with Crippen molar-refractivity contribution < 1.29 is 22.7 Å². The summed E-state index contributed by atoms with van der Waals surface area (Å²) in [5, 5.41) is 0. The van der Waals surface area contributed by atoms with Crippen LogP contribution in [0.25, 0.3) is 0 Å². The van der Waals surface area contributed by atoms with E-state index in [4.69, 9.17) is 0 Å². The van der Waals surface area contributed by atoms with Gasteiger partial charge in [-0.25, -0.2) is 18.1 Å². The molecule has 120 valence electrons. The maximum atomic E-state index is 12.6. The zero-order chi connectivity index (χ0) is 15.9. The number of cyclic esters (lactones) is 1. The molecule has 0 bridgehead atoms. The maximum Gasteiger partial charge on any atom is 0.417 e. The van der Waals surface area contributed by atoms with Crippen molar-refractivity contribution in [1.29, 1.82) is 0 Å². The molecular formula is C13H16N2O5S2. The molecule has 22 heavy (non-hydrogen) atoms. The van der Waals surface area contributed by atoms with Crippen LogP contribution in [0.2, 0.25) is 0 Å². The number of carbonyl (C=O) groups excluding carboxylic acids is 2. The fourth-order valence-corrected chi connectivity index (χ4v) is 5.61. The second-order valence-corrected chi connectivity index (χ2v) is 8.53. The molecule has 0 saturated carbocycles. The van der Waals surface area contributed by atoms with E-state index in [9.17, 15) is 18.0 Å². The quantitative estimate of drug-likeness (QED) is 0.815. The SMILES string of the molecule is CCc1ccc(S(=O)(=O)N2CCC(N3C(=O)COC3=O)C2)s1. The molecule has 3 heterocycles. The highest BCUT2D eigenvalue weighted by Crippen LogP contribution is 2.29. The molecule has 2 saturated heterocycles. The molecule has 1 atom stereocenters. The molecule has 1 aromatic heterocycles. The number of hydrogen-bond acceptors (Lipinski definition) is 6. The van der Waals surface area contributed by atoms with Gasteiger partial charge in [-0.15, -0.1) is 11.3 Å². The summed E-state index contributed by atoms with van der Waals surface area (Å²) >= 11 is 1.26. The molecule has 0 radical (unpaired) electrons. The van der Waals surface area contributed by atoms with Crippen LogP contribution in [-0.4, -0.2) is 55.4 Å². The Kier molecular flexibility index (Phi) is 3.96. The van der Waals surface area contributed by atoms with Gasteiger partial charge in [0, 0.05) is 18.0 Å². The van der Waals surface area contributed by atoms with Gasteiger partial charge in [0.1, 0.15) is 4.21 Å². The van der Waals surface area contributed by atoms with Crippen molar-refractivity contribution in [3.63, 3.8) is 0 Å². The highest BCUT2D eigenvalue weighted by atomic mass is 32.2. The Balaban J connectivity index is 1.77. The molecule has 7 nitrogen and oxygen atoms in total. The number of amides is 2. The van der Waals surface area contributed by atoms with Gasteiger partial charge < -0.3 is 4.74 Å². The lowest BCUT2D eigenvalue weighted by molar-refractivity contribution is -0.127. The molecule has 3 rings (SSSR count). The summed E-state index contributed by atoms with van der Waals surface area (Å²) in [4.78, 5) is 25.3. The van der Waals surface area contributed by atoms with Gasteiger partial charge in [0.2, 0.25) is 0 Å². The van der Waals surface area contributed by atoms with Crippen molar-refractivity contribution in [3.05, 3.63) is 17.0 Å². The lowest BCUT2D eigenvalue weighted by Crippen LogP contribution is -2.41. The fourth-order valence-electron chi connectivity index (χ4n) is 2.67. The van der Waals surface area contributed by atoms with Crippen LogP contribution in [0.3, 0.4) is 0 Å². The number of rotatable bonds is 4. The van der Waals surface area contributed by atoms with Crippen LogP contribution in [0, 0.1) is 0 Å². The minimum Gasteiger partial charge on any atom is -0.439 e. The van der Waals surface area contributed by atoms with Gasteiger partial charge in [0.05, 0.1) is 6.04 Å². The first kappa shape index (κ1) is 15.4. The van der Waals surface area contributed by atoms with Crippen LogP contribution in [0.1, 0.15) is 18.2 Å². The number of hydrogen-bond donors (Lipinski definition) is 0. The normalized spacial score (nSPS) is 23.3. The van der Waals surface area contributed by atoms with Gasteiger partial charge in [-0.05, 0) is 25.0 Å². The Morgan fingerprint density at radius 3 is 2.73 bits per heavy atom. The zero-order valence-corrected chi connectivity index (χ0v) is 13.7. The molecular weight excluding hydrogens is 328 g/mol. The third-order valence-electron chi connectivity index (χ3n) is 3.86. The molecule has 2 amide bonds. The van der Waals surface area contributed by atoms with Crippen LogP contribution < -0.4 is 0 Å². The lowest BCUT2D eigenvalue weighted by atomic mass is 10.2. The van der Waals surface area contributed by atoms with Crippen molar-refractivity contribution in [2.45, 2.75) is 30.0 Å². The van der Waals surface area contributed by atoms with E-state index in [0.717, 1.165) is 16.2 Å². The lowest BCUT2D eigenvalue weighted by Gasteiger charge is -2.20. The summed E-state index contributed by atoms with van der Waals surface area (Å²) in [6, 6.07) is 2.98. The van der Waals surface area contributed by atoms with Gasteiger partial charge in [-0.3, -0.25) is 4.79 Å². The van der Waals surface area contributed by atoms with Crippen LogP contribution in [-0.2, 0) is 26.0 Å². The smallest absolute Gasteiger partial charge is 0.417 e. The molecule has 1 aromatic rings. The van der Waals surface area contributed by atoms with E-state index in [1.54, 1.807) is 6.07 Å². The van der Waals surface area contributed by atoms with E-state index in [1.165, 1.54) is 15.6 Å². The predicted octanol–water partition coefficient (Wildman–Crippen LogP) is 1.05. The molecule has 2 fully saturated rings. The number of ether oxygens (including phenoxy) is 1. The van der Waals surface area contributed by atoms with Crippen LogP contribution >= 0.6 is 11.3 Å². The number of carbonyl (C=O) groups is 2. The van der Waals surface area contributed by atoms with E-state index < -0.39 is 28.1 Å². The first-order chi connectivity index (χ1) is 10.4. The Morgan fingerprint density at radius 1 is 1.36 bits per heavy atom. The fraction of sp³-hybridized carbons (Fsp3) is 0.538. The standard InChI is InChI=1S/C13H16N2O5S2/c1-2-10-3-4-12(21-10)22(18,19)14-6-5-9(7-14)15-11(16)8-20-13(15)17/h3-4,9H,2,5-8H2,1H3. The van der Waals surface area contributed by atoms with E-state index in [-0.39, 0.29) is 13.2 Å². The van der Waals surface area contributed by atoms with Crippen molar-refractivity contribution >= 4 is 33.4 Å². The molecule has 0 spiro atoms. The summed E-state index contributed by atoms with van der Waals surface area (Å²) in [6.07, 6.45) is 0.543. The van der Waals surface area contributed by atoms with Crippen molar-refractivity contribution in [2.75, 3.05) is 19.7 Å². The topological polar surface area (TPSA) is 84.0 Å². The number of nitrogens with zero attached hydrogens (tertiary/aromatic N) is 2. The van der Waals surface area contributed by atoms with Gasteiger partial charge in [0.25, 0.3) is 15.9 Å². The van der Waals surface area contributed by atoms with Gasteiger partial charge in [-0.1, -0.05) is 6.92 Å². The minimum absolute atomic E-state index is 0.128. The molecule has 2 aliphatic rings. The molecule has 9 heteroatoms. The number of aryl methyl sites for hydroxylation is 1. The summed E-state index contributed by atoms with van der Waals surface area (Å²) in [5.74, 6) is -0.404. The summed E-state index contributed by atoms with van der Waals surface area (Å²) in [7, 11) is -3.56. The molecule has 2 aliphatic heterocycles. The highest BCUT2D eigenvalue weighted by molar-refractivity contribution is 7.91. The largest absolute Gasteiger partial charge is 0.439 e. The van der Waals surface area contributed by atoms with E-state index >= 15 is 0 Å². The monoisotopic (exact) mass is 344 g/mol. The maximum absolute atomic E-state index is 12.6. The van der Waals surface area contributed by atoms with Crippen LogP contribution in [0.15, 0.2) is 16.3 Å². The zero-order valence-electron chi connectivity index (χ0n) is 12.0. The summed E-state index contributed by atoms with van der Waals surface area (Å²) in [5.41, 5.74) is 0. The number of sulfonamides is 1. The van der Waals surface area contributed by atoms with Gasteiger partial charge >= 0.3 is 6.09 Å². The van der Waals surface area contributed by atoms with Gasteiger partial charge in [-0.2, -0.15) is 4.31 Å². The Labute approximate surface area is 132 Å². The van der Waals surface area contributed by atoms with E-state index in [2.05, 4.69) is 4.74 Å². The second-order valence-electron chi connectivity index (χ2n) is 5.20. The first-order valence-corrected chi connectivity index (χ1v) is 9.27. The average molecular weight is 344 g/mol. The molecule has 0 aliphatic carbocycles. The first-order valence-electron chi connectivity index (χ1n) is 7.01. The Hall–Kier alpha value is -1.45. The highest BCUT2D eigenvalue weighted by Gasteiger charge is 2.43. The van der Waals surface area contributed by atoms with Crippen molar-refractivity contribution in [2.24, 2.45) is 0 Å². The predicted molar refractivity (Wildman–Crippen MR) is 79.1 cm³/mol. The average Bonchev–Trinajstić information content (AvgIpc) is 3.19. The molecule has 0 N–H and O–H groups in total. The summed E-state index contributed by atoms with van der Waals surface area (Å²) < 4.78 is 31.5. The molecule has 1 unspecified atom stereocenters. The second kappa shape index (κ2) is 5.64. The third kappa shape index (κ3) is 2.53. The van der Waals surface area contributed by atoms with E-state index in [0.29, 0.717) is 17.2 Å². The van der Waals surface area contributed by atoms with Crippen molar-refractivity contribution in [3.8, 4) is 0 Å². The van der Waals surface area contributed by atoms with Crippen LogP contribution in [0.4, 0.5) is 4.79 Å². The Morgan fingerprint density at radius 2 is 2.14 bits per heavy atom. The molecule has 0 aromatic carbocycles. The summed E-state index contributed by atoms with van der Waals surface area (Å²) in [6.45, 7) is 2.14. The van der Waals surface area contributed by atoms with E-state index in [1.807, 2.05) is 13.0 Å². The third-order valence-corrected chi connectivity index (χ3v) is 7.42.